The van der Waals surface area contributed by atoms with Crippen molar-refractivity contribution in [1.82, 2.24) is 20.9 Å². The second-order valence-corrected chi connectivity index (χ2v) is 10.2. The van der Waals surface area contributed by atoms with Crippen LogP contribution in [-0.4, -0.2) is 72.2 Å². The number of carbonyl (C=O) groups excluding carboxylic acids is 4. The molecule has 3 atom stereocenters. The number of H-pyrrole nitrogens is 1. The highest BCUT2D eigenvalue weighted by Gasteiger charge is 2.58. The van der Waals surface area contributed by atoms with E-state index < -0.39 is 66.6 Å². The van der Waals surface area contributed by atoms with Crippen molar-refractivity contribution in [3.63, 3.8) is 0 Å². The van der Waals surface area contributed by atoms with Crippen molar-refractivity contribution in [1.29, 1.82) is 0 Å². The summed E-state index contributed by atoms with van der Waals surface area (Å²) in [4.78, 5) is 54.0. The summed E-state index contributed by atoms with van der Waals surface area (Å²) in [5.41, 5.74) is 0.806. The summed E-state index contributed by atoms with van der Waals surface area (Å²) in [6, 6.07) is 5.72. The summed E-state index contributed by atoms with van der Waals surface area (Å²) in [7, 11) is 0. The van der Waals surface area contributed by atoms with E-state index in [1.807, 2.05) is 0 Å². The third-order valence-corrected chi connectivity index (χ3v) is 6.48. The topological polar surface area (TPSA) is 129 Å². The third kappa shape index (κ3) is 8.68. The Bertz CT molecular complexity index is 1210. The molecule has 41 heavy (non-hydrogen) atoms. The van der Waals surface area contributed by atoms with Crippen LogP contribution >= 0.6 is 0 Å². The van der Waals surface area contributed by atoms with Crippen molar-refractivity contribution in [3.8, 4) is 0 Å². The van der Waals surface area contributed by atoms with Crippen LogP contribution in [0.15, 0.2) is 30.3 Å². The van der Waals surface area contributed by atoms with Gasteiger partial charge in [0.2, 0.25) is 17.9 Å². The van der Waals surface area contributed by atoms with Gasteiger partial charge in [-0.1, -0.05) is 32.0 Å². The Morgan fingerprint density at radius 2 is 1.68 bits per heavy atom. The van der Waals surface area contributed by atoms with Crippen LogP contribution in [0.5, 0.6) is 0 Å². The molecule has 0 saturated carbocycles. The molecule has 0 aliphatic carbocycles. The van der Waals surface area contributed by atoms with Crippen LogP contribution in [0.3, 0.4) is 0 Å². The lowest BCUT2D eigenvalue weighted by Crippen LogP contribution is -2.54. The number of carbonyl (C=O) groups is 4. The van der Waals surface area contributed by atoms with Crippen molar-refractivity contribution in [2.45, 2.75) is 63.7 Å². The maximum absolute atomic E-state index is 13.3. The van der Waals surface area contributed by atoms with Crippen molar-refractivity contribution in [2.24, 2.45) is 11.8 Å². The van der Waals surface area contributed by atoms with E-state index in [1.54, 1.807) is 44.2 Å². The number of hydrogen-bond donors (Lipinski definition) is 4. The Morgan fingerprint density at radius 3 is 2.24 bits per heavy atom. The number of rotatable bonds is 12. The molecule has 9 nitrogen and oxygen atoms in total. The largest absolute Gasteiger partial charge is 0.423 e. The van der Waals surface area contributed by atoms with E-state index >= 15 is 0 Å². The minimum Gasteiger partial charge on any atom is -0.356 e. The van der Waals surface area contributed by atoms with Gasteiger partial charge in [0.05, 0.1) is 6.04 Å². The summed E-state index contributed by atoms with van der Waals surface area (Å²) in [6.07, 6.45) is -15.9. The summed E-state index contributed by atoms with van der Waals surface area (Å²) in [5.74, 6) is -4.29. The average molecular weight is 593 g/mol. The van der Waals surface area contributed by atoms with Gasteiger partial charge in [-0.15, -0.1) is 0 Å². The Kier molecular flexibility index (Phi) is 10.0. The summed E-state index contributed by atoms with van der Waals surface area (Å²) in [6.45, 7) is 2.13. The molecule has 1 aromatic heterocycles. The standard InChI is InChI=1S/C26H30F6N4O5/c1-13(2)9-18(36-23(40)19-10-14-5-3-4-6-16(14)34-19)22(39)35-17(11-15-7-8-33-21(15)38)20(37)12-41-24(25(27,28)29)26(30,31)32/h3-6,10,13,15,17-18,24,34H,7-9,11-12H2,1-2H3,(H,33,38)(H,35,39)(H,36,40). The molecule has 3 amide bonds. The molecule has 3 unspecified atom stereocenters. The van der Waals surface area contributed by atoms with E-state index in [0.29, 0.717) is 5.52 Å². The van der Waals surface area contributed by atoms with Crippen LogP contribution in [0, 0.1) is 11.8 Å². The van der Waals surface area contributed by atoms with Gasteiger partial charge >= 0.3 is 12.4 Å². The molecule has 0 spiro atoms. The van der Waals surface area contributed by atoms with E-state index in [1.165, 1.54) is 0 Å². The van der Waals surface area contributed by atoms with E-state index in [-0.39, 0.29) is 37.4 Å². The van der Waals surface area contributed by atoms with Crippen molar-refractivity contribution in [3.05, 3.63) is 36.0 Å². The zero-order valence-corrected chi connectivity index (χ0v) is 22.1. The number of ketones is 1. The molecule has 226 valence electrons. The number of benzene rings is 1. The minimum absolute atomic E-state index is 0.0867. The lowest BCUT2D eigenvalue weighted by Gasteiger charge is -2.26. The lowest BCUT2D eigenvalue weighted by molar-refractivity contribution is -0.319. The number of Topliss-reactive ketones (excluding diaryl/α,β-unsaturated/α-hetero) is 1. The fourth-order valence-corrected chi connectivity index (χ4v) is 4.47. The SMILES string of the molecule is CC(C)CC(NC(=O)c1cc2ccccc2[nH]1)C(=O)NC(CC1CCNC1=O)C(=O)COC(C(F)(F)F)C(F)(F)F. The molecule has 0 radical (unpaired) electrons. The van der Waals surface area contributed by atoms with E-state index in [2.05, 4.69) is 25.7 Å². The molecule has 3 rings (SSSR count). The first-order valence-electron chi connectivity index (χ1n) is 12.8. The molecule has 2 heterocycles. The zero-order valence-electron chi connectivity index (χ0n) is 22.1. The predicted octanol–water partition coefficient (Wildman–Crippen LogP) is 3.40. The molecule has 4 N–H and O–H groups in total. The molecule has 1 aliphatic rings. The average Bonchev–Trinajstić information content (AvgIpc) is 3.47. The van der Waals surface area contributed by atoms with Crippen LogP contribution < -0.4 is 16.0 Å². The second-order valence-electron chi connectivity index (χ2n) is 10.2. The molecular formula is C26H30F6N4O5. The number of halogens is 6. The number of nitrogens with one attached hydrogen (secondary N) is 4. The van der Waals surface area contributed by atoms with Gasteiger partial charge in [0, 0.05) is 23.4 Å². The van der Waals surface area contributed by atoms with E-state index in [9.17, 15) is 45.5 Å². The fourth-order valence-electron chi connectivity index (χ4n) is 4.47. The van der Waals surface area contributed by atoms with Gasteiger partial charge in [-0.3, -0.25) is 19.2 Å². The predicted molar refractivity (Wildman–Crippen MR) is 134 cm³/mol. The zero-order chi connectivity index (χ0) is 30.5. The van der Waals surface area contributed by atoms with Crippen LogP contribution in [-0.2, 0) is 19.1 Å². The number of fused-ring (bicyclic) bond motifs is 1. The van der Waals surface area contributed by atoms with Crippen LogP contribution in [0.1, 0.15) is 43.6 Å². The lowest BCUT2D eigenvalue weighted by atomic mass is 9.95. The first-order valence-corrected chi connectivity index (χ1v) is 12.8. The first kappa shape index (κ1) is 31.9. The fraction of sp³-hybridized carbons (Fsp3) is 0.538. The quantitative estimate of drug-likeness (QED) is 0.281. The Morgan fingerprint density at radius 1 is 1.02 bits per heavy atom. The van der Waals surface area contributed by atoms with Crippen LogP contribution in [0.25, 0.3) is 10.9 Å². The number of amides is 3. The molecule has 0 bridgehead atoms. The number of para-hydroxylation sites is 1. The second kappa shape index (κ2) is 12.9. The molecule has 1 saturated heterocycles. The maximum atomic E-state index is 13.3. The highest BCUT2D eigenvalue weighted by atomic mass is 19.4. The normalized spacial score (nSPS) is 17.5. The molecule has 1 fully saturated rings. The van der Waals surface area contributed by atoms with Gasteiger partial charge in [-0.25, -0.2) is 0 Å². The maximum Gasteiger partial charge on any atom is 0.423 e. The molecular weight excluding hydrogens is 562 g/mol. The van der Waals surface area contributed by atoms with Gasteiger partial charge in [0.1, 0.15) is 18.3 Å². The van der Waals surface area contributed by atoms with Crippen molar-refractivity contribution in [2.75, 3.05) is 13.2 Å². The number of aromatic amines is 1. The molecule has 1 aliphatic heterocycles. The van der Waals surface area contributed by atoms with Crippen molar-refractivity contribution >= 4 is 34.4 Å². The highest BCUT2D eigenvalue weighted by molar-refractivity contribution is 6.00. The molecule has 15 heteroatoms. The number of hydrogen-bond acceptors (Lipinski definition) is 5. The van der Waals surface area contributed by atoms with Gasteiger partial charge in [-0.2, -0.15) is 26.3 Å². The summed E-state index contributed by atoms with van der Waals surface area (Å²) >= 11 is 0. The van der Waals surface area contributed by atoms with Crippen LogP contribution in [0.4, 0.5) is 26.3 Å². The number of ether oxygens (including phenoxy) is 1. The summed E-state index contributed by atoms with van der Waals surface area (Å²) < 4.78 is 81.3. The monoisotopic (exact) mass is 592 g/mol. The van der Waals surface area contributed by atoms with Gasteiger partial charge in [0.25, 0.3) is 5.91 Å². The minimum atomic E-state index is -5.84. The van der Waals surface area contributed by atoms with Crippen LogP contribution in [0.2, 0.25) is 0 Å². The Hall–Kier alpha value is -3.62. The smallest absolute Gasteiger partial charge is 0.356 e. The van der Waals surface area contributed by atoms with Gasteiger partial charge in [-0.05, 0) is 37.3 Å². The highest BCUT2D eigenvalue weighted by Crippen LogP contribution is 2.35. The van der Waals surface area contributed by atoms with Gasteiger partial charge < -0.3 is 25.7 Å². The molecule has 2 aromatic rings. The first-order chi connectivity index (χ1) is 19.1. The number of alkyl halides is 6. The van der Waals surface area contributed by atoms with Gasteiger partial charge in [0.15, 0.2) is 5.78 Å². The summed E-state index contributed by atoms with van der Waals surface area (Å²) in [5, 5.41) is 8.12. The Balaban J connectivity index is 1.78. The van der Waals surface area contributed by atoms with E-state index in [0.717, 1.165) is 5.39 Å². The Labute approximate surface area is 230 Å². The number of aromatic nitrogens is 1. The van der Waals surface area contributed by atoms with E-state index in [4.69, 9.17) is 0 Å². The van der Waals surface area contributed by atoms with Crippen molar-refractivity contribution < 1.29 is 50.3 Å². The molecule has 1 aromatic carbocycles. The third-order valence-electron chi connectivity index (χ3n) is 6.48.